The van der Waals surface area contributed by atoms with Gasteiger partial charge in [0, 0.05) is 16.7 Å². The molecule has 2 rings (SSSR count). The minimum Gasteiger partial charge on any atom is -0.492 e. The third-order valence-electron chi connectivity index (χ3n) is 3.00. The van der Waals surface area contributed by atoms with Crippen molar-refractivity contribution in [1.29, 1.82) is 0 Å². The van der Waals surface area contributed by atoms with Crippen molar-refractivity contribution in [3.8, 4) is 5.75 Å². The second kappa shape index (κ2) is 7.31. The summed E-state index contributed by atoms with van der Waals surface area (Å²) in [5.41, 5.74) is 0.650. The number of nitrogens with one attached hydrogen (secondary N) is 1. The van der Waals surface area contributed by atoms with Gasteiger partial charge in [-0.15, -0.1) is 0 Å². The van der Waals surface area contributed by atoms with E-state index in [4.69, 9.17) is 4.74 Å². The van der Waals surface area contributed by atoms with E-state index in [0.717, 1.165) is 10.2 Å². The quantitative estimate of drug-likeness (QED) is 0.808. The molecule has 0 radical (unpaired) electrons. The van der Waals surface area contributed by atoms with Crippen molar-refractivity contribution >= 4 is 21.8 Å². The van der Waals surface area contributed by atoms with Crippen molar-refractivity contribution in [3.05, 3.63) is 52.8 Å². The topological polar surface area (TPSA) is 43.3 Å². The van der Waals surface area contributed by atoms with Gasteiger partial charge in [0.2, 0.25) is 0 Å². The third-order valence-corrected chi connectivity index (χ3v) is 3.44. The van der Waals surface area contributed by atoms with Crippen molar-refractivity contribution < 1.29 is 9.53 Å². The maximum absolute atomic E-state index is 12.2. The summed E-state index contributed by atoms with van der Waals surface area (Å²) in [7, 11) is 0. The predicted molar refractivity (Wildman–Crippen MR) is 86.8 cm³/mol. The van der Waals surface area contributed by atoms with Crippen molar-refractivity contribution in [3.63, 3.8) is 0 Å². The van der Waals surface area contributed by atoms with E-state index in [9.17, 15) is 4.79 Å². The maximum Gasteiger partial charge on any atom is 0.268 e. The van der Waals surface area contributed by atoms with E-state index in [1.807, 2.05) is 61.0 Å². The lowest BCUT2D eigenvalue weighted by Gasteiger charge is -2.13. The molecule has 1 N–H and O–H groups in total. The Labute approximate surface area is 133 Å². The van der Waals surface area contributed by atoms with E-state index in [1.54, 1.807) is 0 Å². The van der Waals surface area contributed by atoms with Crippen LogP contribution in [0.5, 0.6) is 5.75 Å². The zero-order chi connectivity index (χ0) is 15.2. The van der Waals surface area contributed by atoms with Crippen LogP contribution in [0.2, 0.25) is 0 Å². The molecule has 0 saturated carbocycles. The number of nitrogens with zero attached hydrogens (tertiary/aromatic N) is 1. The number of aromatic nitrogens is 1. The zero-order valence-electron chi connectivity index (χ0n) is 12.2. The highest BCUT2D eigenvalue weighted by Gasteiger charge is 2.14. The van der Waals surface area contributed by atoms with E-state index in [2.05, 4.69) is 21.2 Å². The molecule has 2 aromatic rings. The summed E-state index contributed by atoms with van der Waals surface area (Å²) < 4.78 is 8.39. The van der Waals surface area contributed by atoms with E-state index in [0.29, 0.717) is 18.8 Å². The Balaban J connectivity index is 1.85. The molecule has 0 aliphatic carbocycles. The molecular weight excluding hydrogens is 332 g/mol. The van der Waals surface area contributed by atoms with Gasteiger partial charge < -0.3 is 14.6 Å². The van der Waals surface area contributed by atoms with Crippen LogP contribution in [-0.2, 0) is 0 Å². The highest BCUT2D eigenvalue weighted by molar-refractivity contribution is 9.10. The van der Waals surface area contributed by atoms with Gasteiger partial charge in [0.15, 0.2) is 0 Å². The molecule has 1 heterocycles. The standard InChI is InChI=1S/C16H19BrN2O2/c1-12(2)19-11-13(17)10-15(19)16(20)18-8-9-21-14-6-4-3-5-7-14/h3-7,10-12H,8-9H2,1-2H3,(H,18,20). The van der Waals surface area contributed by atoms with E-state index >= 15 is 0 Å². The summed E-state index contributed by atoms with van der Waals surface area (Å²) in [6.45, 7) is 5.00. The molecule has 112 valence electrons. The van der Waals surface area contributed by atoms with Crippen LogP contribution in [0.4, 0.5) is 0 Å². The van der Waals surface area contributed by atoms with Gasteiger partial charge in [-0.1, -0.05) is 18.2 Å². The molecule has 0 saturated heterocycles. The van der Waals surface area contributed by atoms with Crippen LogP contribution in [0.3, 0.4) is 0 Å². The minimum absolute atomic E-state index is 0.0916. The number of amides is 1. The van der Waals surface area contributed by atoms with Gasteiger partial charge in [-0.05, 0) is 48.0 Å². The Morgan fingerprint density at radius 2 is 2.05 bits per heavy atom. The molecule has 1 amide bonds. The van der Waals surface area contributed by atoms with Gasteiger partial charge in [0.25, 0.3) is 5.91 Å². The lowest BCUT2D eigenvalue weighted by atomic mass is 10.3. The van der Waals surface area contributed by atoms with E-state index < -0.39 is 0 Å². The number of carbonyl (C=O) groups excluding carboxylic acids is 1. The van der Waals surface area contributed by atoms with Gasteiger partial charge in [-0.2, -0.15) is 0 Å². The molecule has 0 spiro atoms. The van der Waals surface area contributed by atoms with Gasteiger partial charge in [-0.25, -0.2) is 0 Å². The Kier molecular flexibility index (Phi) is 5.44. The SMILES string of the molecule is CC(C)n1cc(Br)cc1C(=O)NCCOc1ccccc1. The molecule has 5 heteroatoms. The fraction of sp³-hybridized carbons (Fsp3) is 0.312. The first kappa shape index (κ1) is 15.6. The molecule has 0 bridgehead atoms. The van der Waals surface area contributed by atoms with Gasteiger partial charge in [0.05, 0.1) is 6.54 Å². The summed E-state index contributed by atoms with van der Waals surface area (Å²) in [6.07, 6.45) is 1.92. The average Bonchev–Trinajstić information content (AvgIpc) is 2.87. The molecule has 4 nitrogen and oxygen atoms in total. The summed E-state index contributed by atoms with van der Waals surface area (Å²) >= 11 is 3.41. The van der Waals surface area contributed by atoms with Gasteiger partial charge in [-0.3, -0.25) is 4.79 Å². The number of rotatable bonds is 6. The van der Waals surface area contributed by atoms with Crippen molar-refractivity contribution in [1.82, 2.24) is 9.88 Å². The Morgan fingerprint density at radius 3 is 2.71 bits per heavy atom. The number of ether oxygens (including phenoxy) is 1. The lowest BCUT2D eigenvalue weighted by Crippen LogP contribution is -2.30. The molecule has 1 aromatic heterocycles. The third kappa shape index (κ3) is 4.36. The normalized spacial score (nSPS) is 10.7. The second-order valence-electron chi connectivity index (χ2n) is 4.96. The number of hydrogen-bond acceptors (Lipinski definition) is 2. The van der Waals surface area contributed by atoms with Crippen LogP contribution in [0.1, 0.15) is 30.4 Å². The van der Waals surface area contributed by atoms with Crippen LogP contribution in [0, 0.1) is 0 Å². The minimum atomic E-state index is -0.0916. The zero-order valence-corrected chi connectivity index (χ0v) is 13.8. The van der Waals surface area contributed by atoms with Crippen LogP contribution >= 0.6 is 15.9 Å². The summed E-state index contributed by atoms with van der Waals surface area (Å²) in [6, 6.07) is 11.6. The number of benzene rings is 1. The predicted octanol–water partition coefficient (Wildman–Crippen LogP) is 3.64. The number of halogens is 1. The van der Waals surface area contributed by atoms with Crippen molar-refractivity contribution in [2.24, 2.45) is 0 Å². The molecule has 0 unspecified atom stereocenters. The smallest absolute Gasteiger partial charge is 0.268 e. The van der Waals surface area contributed by atoms with Crippen LogP contribution in [0.15, 0.2) is 47.1 Å². The van der Waals surface area contributed by atoms with Crippen LogP contribution in [-0.4, -0.2) is 23.6 Å². The summed E-state index contributed by atoms with van der Waals surface area (Å²) in [5.74, 6) is 0.714. The maximum atomic E-state index is 12.2. The van der Waals surface area contributed by atoms with Crippen molar-refractivity contribution in [2.45, 2.75) is 19.9 Å². The molecule has 21 heavy (non-hydrogen) atoms. The molecule has 0 atom stereocenters. The van der Waals surface area contributed by atoms with E-state index in [-0.39, 0.29) is 11.9 Å². The molecule has 0 fully saturated rings. The number of hydrogen-bond donors (Lipinski definition) is 1. The van der Waals surface area contributed by atoms with Gasteiger partial charge >= 0.3 is 0 Å². The van der Waals surface area contributed by atoms with Gasteiger partial charge in [0.1, 0.15) is 18.1 Å². The molecule has 1 aromatic carbocycles. The number of carbonyl (C=O) groups is 1. The van der Waals surface area contributed by atoms with Crippen molar-refractivity contribution in [2.75, 3.05) is 13.2 Å². The molecule has 0 aliphatic heterocycles. The molecule has 0 aliphatic rings. The largest absolute Gasteiger partial charge is 0.492 e. The summed E-state index contributed by atoms with van der Waals surface area (Å²) in [4.78, 5) is 12.2. The first-order valence-corrected chi connectivity index (χ1v) is 7.70. The highest BCUT2D eigenvalue weighted by Crippen LogP contribution is 2.19. The Hall–Kier alpha value is -1.75. The monoisotopic (exact) mass is 350 g/mol. The highest BCUT2D eigenvalue weighted by atomic mass is 79.9. The molecular formula is C16H19BrN2O2. The second-order valence-corrected chi connectivity index (χ2v) is 5.88. The fourth-order valence-electron chi connectivity index (χ4n) is 2.00. The first-order chi connectivity index (χ1) is 10.1. The van der Waals surface area contributed by atoms with E-state index in [1.165, 1.54) is 0 Å². The van der Waals surface area contributed by atoms with Crippen LogP contribution < -0.4 is 10.1 Å². The Bertz CT molecular complexity index is 594. The number of para-hydroxylation sites is 1. The first-order valence-electron chi connectivity index (χ1n) is 6.91. The Morgan fingerprint density at radius 1 is 1.33 bits per heavy atom. The summed E-state index contributed by atoms with van der Waals surface area (Å²) in [5, 5.41) is 2.87. The average molecular weight is 351 g/mol. The lowest BCUT2D eigenvalue weighted by molar-refractivity contribution is 0.0936. The van der Waals surface area contributed by atoms with Crippen LogP contribution in [0.25, 0.3) is 0 Å². The fourth-order valence-corrected chi connectivity index (χ4v) is 2.43.